The van der Waals surface area contributed by atoms with Gasteiger partial charge in [-0.25, -0.2) is 0 Å². The summed E-state index contributed by atoms with van der Waals surface area (Å²) in [6.45, 7) is 2.17. The lowest BCUT2D eigenvalue weighted by Gasteiger charge is -1.97. The molecule has 0 saturated heterocycles. The molecule has 1 fully saturated rings. The highest BCUT2D eigenvalue weighted by atomic mass is 16.3. The number of hydrogen-bond donors (Lipinski definition) is 2. The molecule has 0 spiro atoms. The third kappa shape index (κ3) is 1.84. The molecule has 88 valence electrons. The minimum Gasteiger partial charge on any atom is -0.493 e. The van der Waals surface area contributed by atoms with Gasteiger partial charge in [0, 0.05) is 5.92 Å². The van der Waals surface area contributed by atoms with E-state index in [1.807, 2.05) is 6.07 Å². The Morgan fingerprint density at radius 2 is 2.29 bits per heavy atom. The Balaban J connectivity index is 1.98. The fraction of sp³-hybridized carbons (Fsp3) is 0.333. The molecule has 2 N–H and O–H groups in total. The molecule has 0 bridgehead atoms. The van der Waals surface area contributed by atoms with Gasteiger partial charge in [0.1, 0.15) is 5.76 Å². The number of rotatable bonds is 2. The Morgan fingerprint density at radius 3 is 2.94 bits per heavy atom. The summed E-state index contributed by atoms with van der Waals surface area (Å²) >= 11 is 0. The van der Waals surface area contributed by atoms with Crippen LogP contribution in [-0.2, 0) is 0 Å². The molecule has 1 aliphatic carbocycles. The highest BCUT2D eigenvalue weighted by Crippen LogP contribution is 2.47. The summed E-state index contributed by atoms with van der Waals surface area (Å²) < 4.78 is 5.63. The van der Waals surface area contributed by atoms with Gasteiger partial charge in [0.25, 0.3) is 5.56 Å². The standard InChI is InChI=1S/C12H12N2O3/c1-6-4-7(6)8-2-3-9(17-8)12-13-10(15)5-11(16)14-12/h2-3,5-7H,4H2,1H3,(H2,13,14,15,16). The molecule has 3 rings (SSSR count). The molecule has 2 aromatic heterocycles. The van der Waals surface area contributed by atoms with Gasteiger partial charge < -0.3 is 14.5 Å². The zero-order valence-corrected chi connectivity index (χ0v) is 9.30. The number of aromatic nitrogens is 2. The molecule has 2 unspecified atom stereocenters. The van der Waals surface area contributed by atoms with Crippen LogP contribution in [0.2, 0.25) is 0 Å². The van der Waals surface area contributed by atoms with Gasteiger partial charge in [-0.3, -0.25) is 4.79 Å². The van der Waals surface area contributed by atoms with Crippen molar-refractivity contribution in [3.8, 4) is 17.5 Å². The summed E-state index contributed by atoms with van der Waals surface area (Å²) in [4.78, 5) is 17.5. The van der Waals surface area contributed by atoms with Crippen molar-refractivity contribution in [3.63, 3.8) is 0 Å². The Hall–Kier alpha value is -2.04. The highest BCUT2D eigenvalue weighted by Gasteiger charge is 2.36. The van der Waals surface area contributed by atoms with Gasteiger partial charge >= 0.3 is 0 Å². The topological polar surface area (TPSA) is 79.1 Å². The molecule has 17 heavy (non-hydrogen) atoms. The number of hydrogen-bond acceptors (Lipinski definition) is 4. The molecule has 2 heterocycles. The molecule has 0 amide bonds. The molecule has 5 nitrogen and oxygen atoms in total. The molecule has 2 aromatic rings. The van der Waals surface area contributed by atoms with Crippen molar-refractivity contribution in [1.29, 1.82) is 0 Å². The van der Waals surface area contributed by atoms with Crippen LogP contribution in [0.25, 0.3) is 11.6 Å². The fourth-order valence-electron chi connectivity index (χ4n) is 1.96. The predicted molar refractivity (Wildman–Crippen MR) is 60.7 cm³/mol. The van der Waals surface area contributed by atoms with Crippen molar-refractivity contribution < 1.29 is 9.52 Å². The fourth-order valence-corrected chi connectivity index (χ4v) is 1.96. The Labute approximate surface area is 97.1 Å². The van der Waals surface area contributed by atoms with Crippen molar-refractivity contribution in [2.45, 2.75) is 19.3 Å². The van der Waals surface area contributed by atoms with E-state index in [9.17, 15) is 9.90 Å². The average Bonchev–Trinajstić information content (AvgIpc) is 2.80. The van der Waals surface area contributed by atoms with E-state index >= 15 is 0 Å². The smallest absolute Gasteiger partial charge is 0.255 e. The van der Waals surface area contributed by atoms with Gasteiger partial charge in [-0.15, -0.1) is 0 Å². The van der Waals surface area contributed by atoms with Crippen LogP contribution in [0.15, 0.2) is 27.4 Å². The average molecular weight is 232 g/mol. The predicted octanol–water partition coefficient (Wildman–Crippen LogP) is 1.86. The second-order valence-electron chi connectivity index (χ2n) is 4.47. The lowest BCUT2D eigenvalue weighted by atomic mass is 10.3. The number of nitrogens with one attached hydrogen (secondary N) is 1. The maximum absolute atomic E-state index is 11.2. The molecular formula is C12H12N2O3. The van der Waals surface area contributed by atoms with Gasteiger partial charge in [-0.1, -0.05) is 6.92 Å². The van der Waals surface area contributed by atoms with Gasteiger partial charge in [-0.2, -0.15) is 4.98 Å². The number of nitrogens with zero attached hydrogens (tertiary/aromatic N) is 1. The molecule has 1 aliphatic rings. The first kappa shape index (κ1) is 10.1. The molecule has 0 aromatic carbocycles. The van der Waals surface area contributed by atoms with Crippen LogP contribution < -0.4 is 5.56 Å². The second kappa shape index (κ2) is 3.48. The number of aromatic hydroxyl groups is 1. The lowest BCUT2D eigenvalue weighted by molar-refractivity contribution is 0.449. The lowest BCUT2D eigenvalue weighted by Crippen LogP contribution is -2.06. The first-order chi connectivity index (χ1) is 8.13. The first-order valence-corrected chi connectivity index (χ1v) is 5.54. The largest absolute Gasteiger partial charge is 0.493 e. The van der Waals surface area contributed by atoms with Crippen molar-refractivity contribution in [3.05, 3.63) is 34.3 Å². The Morgan fingerprint density at radius 1 is 1.53 bits per heavy atom. The maximum Gasteiger partial charge on any atom is 0.255 e. The van der Waals surface area contributed by atoms with E-state index in [-0.39, 0.29) is 11.7 Å². The van der Waals surface area contributed by atoms with Gasteiger partial charge in [0.15, 0.2) is 11.6 Å². The van der Waals surface area contributed by atoms with Crippen LogP contribution in [0.4, 0.5) is 0 Å². The zero-order chi connectivity index (χ0) is 12.0. The summed E-state index contributed by atoms with van der Waals surface area (Å²) in [6, 6.07) is 4.68. The molecule has 2 atom stereocenters. The van der Waals surface area contributed by atoms with Gasteiger partial charge in [-0.05, 0) is 24.5 Å². The third-order valence-electron chi connectivity index (χ3n) is 3.06. The van der Waals surface area contributed by atoms with Gasteiger partial charge in [0.05, 0.1) is 6.07 Å². The van der Waals surface area contributed by atoms with Crippen molar-refractivity contribution in [2.24, 2.45) is 5.92 Å². The van der Waals surface area contributed by atoms with E-state index in [2.05, 4.69) is 16.9 Å². The van der Waals surface area contributed by atoms with E-state index in [0.717, 1.165) is 18.2 Å². The zero-order valence-electron chi connectivity index (χ0n) is 9.30. The van der Waals surface area contributed by atoms with E-state index in [1.54, 1.807) is 6.07 Å². The summed E-state index contributed by atoms with van der Waals surface area (Å²) in [6.07, 6.45) is 1.14. The summed E-state index contributed by atoms with van der Waals surface area (Å²) in [5.41, 5.74) is -0.398. The van der Waals surface area contributed by atoms with Crippen molar-refractivity contribution in [1.82, 2.24) is 9.97 Å². The molecule has 1 saturated carbocycles. The number of aromatic amines is 1. The normalized spacial score (nSPS) is 22.6. The monoisotopic (exact) mass is 232 g/mol. The summed E-state index contributed by atoms with van der Waals surface area (Å²) in [5.74, 6) is 2.49. The first-order valence-electron chi connectivity index (χ1n) is 5.54. The second-order valence-corrected chi connectivity index (χ2v) is 4.47. The van der Waals surface area contributed by atoms with Crippen LogP contribution in [0.3, 0.4) is 0 Å². The van der Waals surface area contributed by atoms with Crippen LogP contribution in [0.5, 0.6) is 5.88 Å². The Kier molecular flexibility index (Phi) is 2.07. The summed E-state index contributed by atoms with van der Waals surface area (Å²) in [7, 11) is 0. The molecule has 0 radical (unpaired) electrons. The minimum atomic E-state index is -0.398. The number of furan rings is 1. The van der Waals surface area contributed by atoms with Crippen molar-refractivity contribution >= 4 is 0 Å². The third-order valence-corrected chi connectivity index (χ3v) is 3.06. The van der Waals surface area contributed by atoms with Crippen molar-refractivity contribution in [2.75, 3.05) is 0 Å². The number of H-pyrrole nitrogens is 1. The molecule has 0 aliphatic heterocycles. The van der Waals surface area contributed by atoms with Crippen LogP contribution in [0.1, 0.15) is 25.0 Å². The van der Waals surface area contributed by atoms with Crippen LogP contribution in [0, 0.1) is 5.92 Å². The SMILES string of the molecule is CC1CC1c1ccc(-c2nc(O)cc(=O)[nH]2)o1. The molecular weight excluding hydrogens is 220 g/mol. The van der Waals surface area contributed by atoms with E-state index in [1.165, 1.54) is 0 Å². The maximum atomic E-state index is 11.2. The van der Waals surface area contributed by atoms with Gasteiger partial charge in [0.2, 0.25) is 5.88 Å². The molecule has 5 heteroatoms. The van der Waals surface area contributed by atoms with E-state index in [4.69, 9.17) is 4.42 Å². The Bertz CT molecular complexity index is 614. The summed E-state index contributed by atoms with van der Waals surface area (Å²) in [5, 5.41) is 9.25. The minimum absolute atomic E-state index is 0.259. The van der Waals surface area contributed by atoms with Crippen LogP contribution >= 0.6 is 0 Å². The van der Waals surface area contributed by atoms with E-state index in [0.29, 0.717) is 17.6 Å². The van der Waals surface area contributed by atoms with Crippen LogP contribution in [-0.4, -0.2) is 15.1 Å². The highest BCUT2D eigenvalue weighted by molar-refractivity contribution is 5.48. The van der Waals surface area contributed by atoms with E-state index < -0.39 is 5.56 Å². The quantitative estimate of drug-likeness (QED) is 0.828.